The van der Waals surface area contributed by atoms with Gasteiger partial charge in [0.15, 0.2) is 0 Å². The van der Waals surface area contributed by atoms with Crippen LogP contribution in [0.1, 0.15) is 6.42 Å². The molecule has 0 radical (unpaired) electrons. The number of likely N-dealkylation sites (N-methyl/N-ethyl adjacent to an activating group) is 1. The molecule has 1 aliphatic rings. The first-order valence-corrected chi connectivity index (χ1v) is 11.4. The van der Waals surface area contributed by atoms with Gasteiger partial charge in [-0.25, -0.2) is 9.97 Å². The minimum Gasteiger partial charge on any atom is -0.457 e. The monoisotopic (exact) mass is 458 g/mol. The second-order valence-corrected chi connectivity index (χ2v) is 8.20. The number of benzene rings is 2. The van der Waals surface area contributed by atoms with Crippen molar-refractivity contribution < 1.29 is 9.53 Å². The van der Waals surface area contributed by atoms with E-state index in [2.05, 4.69) is 20.6 Å². The fraction of sp³-hybridized carbons (Fsp3) is 0.269. The predicted molar refractivity (Wildman–Crippen MR) is 135 cm³/mol. The lowest BCUT2D eigenvalue weighted by atomic mass is 10.1. The SMILES string of the molecule is CNCC=CC(=O)N1CCC(CNc2ncnc(N)c2-c2ccc(Oc3ccccc3)cc2)C1. The van der Waals surface area contributed by atoms with Crippen LogP contribution in [0.25, 0.3) is 11.1 Å². The number of ether oxygens (including phenoxy) is 1. The minimum absolute atomic E-state index is 0.0579. The molecule has 1 saturated heterocycles. The van der Waals surface area contributed by atoms with Crippen LogP contribution >= 0.6 is 0 Å². The highest BCUT2D eigenvalue weighted by Crippen LogP contribution is 2.33. The van der Waals surface area contributed by atoms with Gasteiger partial charge in [-0.3, -0.25) is 4.79 Å². The lowest BCUT2D eigenvalue weighted by Gasteiger charge is -2.17. The van der Waals surface area contributed by atoms with Gasteiger partial charge in [0, 0.05) is 32.3 Å². The second-order valence-electron chi connectivity index (χ2n) is 8.20. The van der Waals surface area contributed by atoms with E-state index in [-0.39, 0.29) is 5.91 Å². The Hall–Kier alpha value is -3.91. The molecule has 3 aromatic rings. The van der Waals surface area contributed by atoms with Gasteiger partial charge in [-0.2, -0.15) is 0 Å². The minimum atomic E-state index is 0.0579. The number of anilines is 2. The van der Waals surface area contributed by atoms with Crippen LogP contribution in [0.5, 0.6) is 11.5 Å². The lowest BCUT2D eigenvalue weighted by molar-refractivity contribution is -0.125. The van der Waals surface area contributed by atoms with Gasteiger partial charge in [-0.05, 0) is 49.2 Å². The number of nitrogen functional groups attached to an aromatic ring is 1. The van der Waals surface area contributed by atoms with Gasteiger partial charge in [0.2, 0.25) is 5.91 Å². The number of nitrogens with two attached hydrogens (primary N) is 1. The number of hydrogen-bond donors (Lipinski definition) is 3. The highest BCUT2D eigenvalue weighted by molar-refractivity contribution is 5.88. The van der Waals surface area contributed by atoms with Gasteiger partial charge in [-0.1, -0.05) is 36.4 Å². The molecule has 1 aromatic heterocycles. The van der Waals surface area contributed by atoms with E-state index in [1.54, 1.807) is 6.08 Å². The quantitative estimate of drug-likeness (QED) is 0.421. The third-order valence-electron chi connectivity index (χ3n) is 5.74. The van der Waals surface area contributed by atoms with Crippen molar-refractivity contribution >= 4 is 17.5 Å². The Kier molecular flexibility index (Phi) is 7.72. The fourth-order valence-corrected chi connectivity index (χ4v) is 3.96. The third kappa shape index (κ3) is 5.90. The molecule has 0 spiro atoms. The zero-order valence-corrected chi connectivity index (χ0v) is 19.3. The predicted octanol–water partition coefficient (Wildman–Crippen LogP) is 3.55. The van der Waals surface area contributed by atoms with Crippen LogP contribution in [0.3, 0.4) is 0 Å². The Morgan fingerprint density at radius 1 is 1.15 bits per heavy atom. The smallest absolute Gasteiger partial charge is 0.246 e. The number of hydrogen-bond acceptors (Lipinski definition) is 7. The molecular weight excluding hydrogens is 428 g/mol. The van der Waals surface area contributed by atoms with Crippen LogP contribution < -0.4 is 21.1 Å². The van der Waals surface area contributed by atoms with E-state index in [4.69, 9.17) is 10.5 Å². The highest BCUT2D eigenvalue weighted by Gasteiger charge is 2.25. The summed E-state index contributed by atoms with van der Waals surface area (Å²) < 4.78 is 5.89. The molecule has 1 aliphatic heterocycles. The molecular formula is C26H30N6O2. The summed E-state index contributed by atoms with van der Waals surface area (Å²) >= 11 is 0. The van der Waals surface area contributed by atoms with Crippen molar-refractivity contribution in [3.8, 4) is 22.6 Å². The standard InChI is InChI=1S/C26H30N6O2/c1-28-14-5-8-23(33)32-15-13-19(17-32)16-29-26-24(25(27)30-18-31-26)20-9-11-22(12-10-20)34-21-6-3-2-4-7-21/h2-12,18-19,28H,13-17H2,1H3,(H3,27,29,30,31). The molecule has 34 heavy (non-hydrogen) atoms. The first-order chi connectivity index (χ1) is 16.6. The maximum absolute atomic E-state index is 12.3. The molecule has 2 heterocycles. The zero-order valence-electron chi connectivity index (χ0n) is 19.3. The van der Waals surface area contributed by atoms with E-state index in [1.807, 2.05) is 72.6 Å². The normalized spacial score (nSPS) is 15.6. The fourth-order valence-electron chi connectivity index (χ4n) is 3.96. The molecule has 1 atom stereocenters. The summed E-state index contributed by atoms with van der Waals surface area (Å²) in [5.41, 5.74) is 7.89. The summed E-state index contributed by atoms with van der Waals surface area (Å²) in [6.45, 7) is 2.86. The summed E-state index contributed by atoms with van der Waals surface area (Å²) in [7, 11) is 1.85. The largest absolute Gasteiger partial charge is 0.457 e. The summed E-state index contributed by atoms with van der Waals surface area (Å²) in [5, 5.41) is 6.43. The molecule has 0 saturated carbocycles. The lowest BCUT2D eigenvalue weighted by Crippen LogP contribution is -2.28. The van der Waals surface area contributed by atoms with Gasteiger partial charge < -0.3 is 26.0 Å². The van der Waals surface area contributed by atoms with Crippen LogP contribution in [-0.2, 0) is 4.79 Å². The molecule has 8 nitrogen and oxygen atoms in total. The maximum Gasteiger partial charge on any atom is 0.246 e. The maximum atomic E-state index is 12.3. The van der Waals surface area contributed by atoms with Crippen molar-refractivity contribution in [3.05, 3.63) is 73.1 Å². The first-order valence-electron chi connectivity index (χ1n) is 11.4. The zero-order chi connectivity index (χ0) is 23.8. The number of amides is 1. The summed E-state index contributed by atoms with van der Waals surface area (Å²) in [6.07, 6.45) is 5.89. The van der Waals surface area contributed by atoms with E-state index in [0.717, 1.165) is 42.1 Å². The molecule has 176 valence electrons. The molecule has 4 rings (SSSR count). The Morgan fingerprint density at radius 3 is 2.68 bits per heavy atom. The Morgan fingerprint density at radius 2 is 1.91 bits per heavy atom. The van der Waals surface area contributed by atoms with Gasteiger partial charge in [0.25, 0.3) is 0 Å². The molecule has 0 aliphatic carbocycles. The number of nitrogens with one attached hydrogen (secondary N) is 2. The number of nitrogens with zero attached hydrogens (tertiary/aromatic N) is 3. The molecule has 4 N–H and O–H groups in total. The van der Waals surface area contributed by atoms with Crippen molar-refractivity contribution in [2.24, 2.45) is 5.92 Å². The molecule has 1 amide bonds. The Balaban J connectivity index is 1.40. The molecule has 2 aromatic carbocycles. The number of likely N-dealkylation sites (tertiary alicyclic amines) is 1. The van der Waals surface area contributed by atoms with Gasteiger partial charge in [0.1, 0.15) is 29.5 Å². The number of rotatable bonds is 9. The number of para-hydroxylation sites is 1. The van der Waals surface area contributed by atoms with Crippen LogP contribution in [0.2, 0.25) is 0 Å². The topological polar surface area (TPSA) is 105 Å². The van der Waals surface area contributed by atoms with Crippen LogP contribution in [0.15, 0.2) is 73.1 Å². The average Bonchev–Trinajstić information content (AvgIpc) is 3.33. The second kappa shape index (κ2) is 11.3. The Bertz CT molecular complexity index is 1120. The van der Waals surface area contributed by atoms with Crippen molar-refractivity contribution in [2.45, 2.75) is 6.42 Å². The van der Waals surface area contributed by atoms with Crippen LogP contribution in [0.4, 0.5) is 11.6 Å². The van der Waals surface area contributed by atoms with Crippen molar-refractivity contribution in [1.29, 1.82) is 0 Å². The first kappa shape index (κ1) is 23.3. The van der Waals surface area contributed by atoms with Crippen LogP contribution in [-0.4, -0.2) is 54.0 Å². The van der Waals surface area contributed by atoms with E-state index >= 15 is 0 Å². The van der Waals surface area contributed by atoms with E-state index in [0.29, 0.717) is 30.6 Å². The molecule has 8 heteroatoms. The van der Waals surface area contributed by atoms with E-state index in [1.165, 1.54) is 6.33 Å². The summed E-state index contributed by atoms with van der Waals surface area (Å²) in [6, 6.07) is 17.4. The van der Waals surface area contributed by atoms with Crippen LogP contribution in [0, 0.1) is 5.92 Å². The van der Waals surface area contributed by atoms with E-state index in [9.17, 15) is 4.79 Å². The van der Waals surface area contributed by atoms with Gasteiger partial charge in [0.05, 0.1) is 5.56 Å². The summed E-state index contributed by atoms with van der Waals surface area (Å²) in [4.78, 5) is 22.8. The van der Waals surface area contributed by atoms with Crippen molar-refractivity contribution in [1.82, 2.24) is 20.2 Å². The van der Waals surface area contributed by atoms with Crippen molar-refractivity contribution in [2.75, 3.05) is 44.3 Å². The number of carbonyl (C=O) groups excluding carboxylic acids is 1. The van der Waals surface area contributed by atoms with Gasteiger partial charge in [-0.15, -0.1) is 0 Å². The molecule has 1 unspecified atom stereocenters. The number of carbonyl (C=O) groups is 1. The van der Waals surface area contributed by atoms with Crippen molar-refractivity contribution in [3.63, 3.8) is 0 Å². The molecule has 1 fully saturated rings. The van der Waals surface area contributed by atoms with E-state index < -0.39 is 0 Å². The van der Waals surface area contributed by atoms with Gasteiger partial charge >= 0.3 is 0 Å². The average molecular weight is 459 g/mol. The summed E-state index contributed by atoms with van der Waals surface area (Å²) in [5.74, 6) is 3.01. The molecule has 0 bridgehead atoms. The highest BCUT2D eigenvalue weighted by atomic mass is 16.5. The Labute approximate surface area is 199 Å². The third-order valence-corrected chi connectivity index (χ3v) is 5.74. The number of aromatic nitrogens is 2.